The van der Waals surface area contributed by atoms with Gasteiger partial charge < -0.3 is 34.9 Å². The normalized spacial score (nSPS) is 16.5. The molecule has 12 heteroatoms. The molecule has 2 aromatic rings. The van der Waals surface area contributed by atoms with Gasteiger partial charge in [0.15, 0.2) is 0 Å². The van der Waals surface area contributed by atoms with Gasteiger partial charge in [-0.2, -0.15) is 0 Å². The number of pyridine rings is 1. The third kappa shape index (κ3) is 5.48. The van der Waals surface area contributed by atoms with E-state index in [4.69, 9.17) is 19.9 Å². The number of hydrogen-bond acceptors (Lipinski definition) is 8. The number of carboxylic acid groups (broad SMARTS) is 1. The van der Waals surface area contributed by atoms with Gasteiger partial charge in [0.25, 0.3) is 5.91 Å². The number of aliphatic carboxylic acids is 1. The molecule has 0 saturated carbocycles. The Bertz CT molecular complexity index is 1150. The summed E-state index contributed by atoms with van der Waals surface area (Å²) in [6, 6.07) is 6.89. The van der Waals surface area contributed by atoms with Crippen LogP contribution in [0.2, 0.25) is 0 Å². The van der Waals surface area contributed by atoms with Gasteiger partial charge in [0, 0.05) is 32.0 Å². The van der Waals surface area contributed by atoms with Crippen LogP contribution in [0.15, 0.2) is 24.3 Å². The fraction of sp³-hybridized carbons (Fsp3) is 0.458. The lowest BCUT2D eigenvalue weighted by Crippen LogP contribution is -2.58. The second-order valence-electron chi connectivity index (χ2n) is 8.14. The maximum Gasteiger partial charge on any atom is 0.409 e. The zero-order chi connectivity index (χ0) is 26.4. The molecule has 1 fully saturated rings. The molecular weight excluding hydrogens is 472 g/mol. The topological polar surface area (TPSA) is 162 Å². The number of fused-ring (bicyclic) bond motifs is 1. The second-order valence-corrected chi connectivity index (χ2v) is 8.14. The number of methoxy groups -OCH3 is 2. The number of benzene rings is 1. The number of carboxylic acids is 1. The molecular formula is C24H30N4O8. The van der Waals surface area contributed by atoms with E-state index in [1.54, 1.807) is 31.2 Å². The summed E-state index contributed by atoms with van der Waals surface area (Å²) < 4.78 is 16.0. The number of rotatable bonds is 9. The molecule has 2 heterocycles. The van der Waals surface area contributed by atoms with Crippen molar-refractivity contribution in [2.75, 3.05) is 40.5 Å². The fourth-order valence-corrected chi connectivity index (χ4v) is 4.33. The number of ether oxygens (including phenoxy) is 3. The van der Waals surface area contributed by atoms with Gasteiger partial charge in [-0.05, 0) is 25.5 Å². The lowest BCUT2D eigenvalue weighted by atomic mass is 9.91. The first kappa shape index (κ1) is 26.7. The molecule has 0 bridgehead atoms. The molecule has 1 aromatic heterocycles. The maximum atomic E-state index is 13.9. The van der Waals surface area contributed by atoms with E-state index in [1.807, 2.05) is 0 Å². The van der Waals surface area contributed by atoms with Gasteiger partial charge >= 0.3 is 12.1 Å². The molecule has 0 radical (unpaired) electrons. The minimum atomic E-state index is -1.13. The lowest BCUT2D eigenvalue weighted by Gasteiger charge is -2.41. The Hall–Kier alpha value is -3.93. The number of aromatic nitrogens is 1. The smallest absolute Gasteiger partial charge is 0.409 e. The fourth-order valence-electron chi connectivity index (χ4n) is 4.33. The quantitative estimate of drug-likeness (QED) is 0.518. The molecule has 1 aromatic carbocycles. The van der Waals surface area contributed by atoms with Crippen molar-refractivity contribution >= 4 is 34.8 Å². The number of para-hydroxylation sites is 1. The van der Waals surface area contributed by atoms with Crippen LogP contribution in [0, 0.1) is 0 Å². The first-order valence-electron chi connectivity index (χ1n) is 11.5. The Labute approximate surface area is 207 Å². The molecule has 12 nitrogen and oxygen atoms in total. The van der Waals surface area contributed by atoms with Crippen molar-refractivity contribution in [1.29, 1.82) is 0 Å². The third-order valence-electron chi connectivity index (χ3n) is 6.01. The van der Waals surface area contributed by atoms with E-state index in [0.29, 0.717) is 10.9 Å². The number of carbonyl (C=O) groups is 4. The van der Waals surface area contributed by atoms with Crippen LogP contribution >= 0.6 is 0 Å². The van der Waals surface area contributed by atoms with Crippen molar-refractivity contribution in [3.05, 3.63) is 35.5 Å². The average Bonchev–Trinajstić information content (AvgIpc) is 2.87. The van der Waals surface area contributed by atoms with E-state index in [2.05, 4.69) is 4.98 Å². The average molecular weight is 503 g/mol. The molecule has 3 rings (SSSR count). The van der Waals surface area contributed by atoms with E-state index >= 15 is 0 Å². The number of amides is 3. The largest absolute Gasteiger partial charge is 0.495 e. The van der Waals surface area contributed by atoms with Gasteiger partial charge in [-0.25, -0.2) is 4.79 Å². The molecule has 2 atom stereocenters. The minimum absolute atomic E-state index is 0.0342. The van der Waals surface area contributed by atoms with Crippen molar-refractivity contribution in [2.24, 2.45) is 5.73 Å². The standard InChI is InChI=1S/C24H30N4O8/c1-4-36-24(33)27-11-12-28(17(13-27)34-2)23(32)15(9-10-18(29)30)20-19(22(25)31)21(35-3)14-7-5-6-8-16(14)26-20/h5-8,15,17H,4,9-13H2,1-3H3,(H2,25,31)(H,29,30). The summed E-state index contributed by atoms with van der Waals surface area (Å²) in [5.74, 6) is -3.44. The minimum Gasteiger partial charge on any atom is -0.495 e. The van der Waals surface area contributed by atoms with Crippen LogP contribution in [0.5, 0.6) is 5.75 Å². The molecule has 1 saturated heterocycles. The Morgan fingerprint density at radius 1 is 1.19 bits per heavy atom. The predicted molar refractivity (Wildman–Crippen MR) is 128 cm³/mol. The summed E-state index contributed by atoms with van der Waals surface area (Å²) in [6.45, 7) is 2.26. The van der Waals surface area contributed by atoms with Crippen LogP contribution in [0.4, 0.5) is 4.79 Å². The summed E-state index contributed by atoms with van der Waals surface area (Å²) in [5, 5.41) is 9.88. The van der Waals surface area contributed by atoms with E-state index < -0.39 is 36.0 Å². The molecule has 1 aliphatic rings. The Morgan fingerprint density at radius 2 is 1.92 bits per heavy atom. The second kappa shape index (κ2) is 11.7. The number of nitrogens with zero attached hydrogens (tertiary/aromatic N) is 3. The predicted octanol–water partition coefficient (Wildman–Crippen LogP) is 1.56. The number of carbonyl (C=O) groups excluding carboxylic acids is 3. The zero-order valence-electron chi connectivity index (χ0n) is 20.4. The van der Waals surface area contributed by atoms with Crippen LogP contribution in [-0.2, 0) is 19.1 Å². The van der Waals surface area contributed by atoms with Crippen molar-refractivity contribution < 1.29 is 38.5 Å². The lowest BCUT2D eigenvalue weighted by molar-refractivity contribution is -0.152. The summed E-state index contributed by atoms with van der Waals surface area (Å²) in [6.07, 6.45) is -1.84. The van der Waals surface area contributed by atoms with Crippen LogP contribution < -0.4 is 10.5 Å². The molecule has 0 spiro atoms. The third-order valence-corrected chi connectivity index (χ3v) is 6.01. The highest BCUT2D eigenvalue weighted by Gasteiger charge is 2.39. The van der Waals surface area contributed by atoms with Crippen molar-refractivity contribution in [3.63, 3.8) is 0 Å². The maximum absolute atomic E-state index is 13.9. The highest BCUT2D eigenvalue weighted by Crippen LogP contribution is 2.36. The summed E-state index contributed by atoms with van der Waals surface area (Å²) in [5.41, 5.74) is 6.11. The van der Waals surface area contributed by atoms with Crippen molar-refractivity contribution in [1.82, 2.24) is 14.8 Å². The van der Waals surface area contributed by atoms with Crippen LogP contribution in [0.1, 0.15) is 41.7 Å². The van der Waals surface area contributed by atoms with Crippen LogP contribution in [0.25, 0.3) is 10.9 Å². The van der Waals surface area contributed by atoms with E-state index in [-0.39, 0.29) is 56.1 Å². The molecule has 194 valence electrons. The first-order valence-corrected chi connectivity index (χ1v) is 11.5. The van der Waals surface area contributed by atoms with Crippen LogP contribution in [-0.4, -0.2) is 90.5 Å². The van der Waals surface area contributed by atoms with Gasteiger partial charge in [0.2, 0.25) is 5.91 Å². The SMILES string of the molecule is CCOC(=O)N1CCN(C(=O)C(CCC(=O)O)c2nc3ccccc3c(OC)c2C(N)=O)C(OC)C1. The van der Waals surface area contributed by atoms with Gasteiger partial charge in [-0.15, -0.1) is 0 Å². The number of piperazine rings is 1. The summed E-state index contributed by atoms with van der Waals surface area (Å²) in [7, 11) is 2.78. The van der Waals surface area contributed by atoms with Gasteiger partial charge in [-0.3, -0.25) is 19.4 Å². The Balaban J connectivity index is 2.07. The van der Waals surface area contributed by atoms with Gasteiger partial charge in [-0.1, -0.05) is 12.1 Å². The number of primary amides is 1. The number of hydrogen-bond donors (Lipinski definition) is 2. The molecule has 1 aliphatic heterocycles. The molecule has 0 aliphatic carbocycles. The zero-order valence-corrected chi connectivity index (χ0v) is 20.4. The molecule has 2 unspecified atom stereocenters. The van der Waals surface area contributed by atoms with E-state index in [1.165, 1.54) is 24.0 Å². The first-order chi connectivity index (χ1) is 17.2. The van der Waals surface area contributed by atoms with E-state index in [0.717, 1.165) is 0 Å². The Morgan fingerprint density at radius 3 is 2.53 bits per heavy atom. The molecule has 36 heavy (non-hydrogen) atoms. The number of nitrogens with two attached hydrogens (primary N) is 1. The molecule has 3 N–H and O–H groups in total. The van der Waals surface area contributed by atoms with Crippen molar-refractivity contribution in [2.45, 2.75) is 31.9 Å². The summed E-state index contributed by atoms with van der Waals surface area (Å²) >= 11 is 0. The highest BCUT2D eigenvalue weighted by molar-refractivity contribution is 6.04. The summed E-state index contributed by atoms with van der Waals surface area (Å²) in [4.78, 5) is 57.5. The monoisotopic (exact) mass is 502 g/mol. The van der Waals surface area contributed by atoms with Gasteiger partial charge in [0.05, 0.1) is 37.4 Å². The van der Waals surface area contributed by atoms with Gasteiger partial charge in [0.1, 0.15) is 17.5 Å². The van der Waals surface area contributed by atoms with Crippen molar-refractivity contribution in [3.8, 4) is 5.75 Å². The Kier molecular flexibility index (Phi) is 8.64. The highest BCUT2D eigenvalue weighted by atomic mass is 16.6. The van der Waals surface area contributed by atoms with E-state index in [9.17, 15) is 24.3 Å². The van der Waals surface area contributed by atoms with Crippen LogP contribution in [0.3, 0.4) is 0 Å². The molecule has 3 amide bonds.